The van der Waals surface area contributed by atoms with E-state index >= 15 is 0 Å². The van der Waals surface area contributed by atoms with Crippen molar-refractivity contribution in [2.75, 3.05) is 13.1 Å². The van der Waals surface area contributed by atoms with Gasteiger partial charge in [-0.05, 0) is 36.7 Å². The van der Waals surface area contributed by atoms with E-state index in [1.165, 1.54) is 0 Å². The van der Waals surface area contributed by atoms with Gasteiger partial charge in [-0.1, -0.05) is 18.5 Å². The summed E-state index contributed by atoms with van der Waals surface area (Å²) in [5, 5.41) is 1.53. The quantitative estimate of drug-likeness (QED) is 0.794. The van der Waals surface area contributed by atoms with Crippen LogP contribution >= 0.6 is 11.6 Å². The van der Waals surface area contributed by atoms with Crippen molar-refractivity contribution >= 4 is 28.8 Å². The topological polar surface area (TPSA) is 33.2 Å². The van der Waals surface area contributed by atoms with Gasteiger partial charge in [0.25, 0.3) is 0 Å². The van der Waals surface area contributed by atoms with Gasteiger partial charge in [-0.3, -0.25) is 14.7 Å². The molecule has 3 rings (SSSR count). The molecule has 0 atom stereocenters. The van der Waals surface area contributed by atoms with E-state index in [0.717, 1.165) is 65.6 Å². The van der Waals surface area contributed by atoms with Crippen molar-refractivity contribution < 1.29 is 4.79 Å². The van der Waals surface area contributed by atoms with E-state index in [2.05, 4.69) is 11.8 Å². The Bertz CT molecular complexity index is 697. The molecule has 0 unspecified atom stereocenters. The fourth-order valence-corrected chi connectivity index (χ4v) is 3.24. The van der Waals surface area contributed by atoms with E-state index in [0.29, 0.717) is 5.02 Å². The summed E-state index contributed by atoms with van der Waals surface area (Å²) in [5.41, 5.74) is 4.82. The predicted molar refractivity (Wildman–Crippen MR) is 81.5 cm³/mol. The van der Waals surface area contributed by atoms with Crippen molar-refractivity contribution in [1.29, 1.82) is 0 Å². The molecule has 1 aliphatic rings. The molecule has 0 spiro atoms. The number of carbonyl (C=O) groups is 1. The zero-order valence-corrected chi connectivity index (χ0v) is 12.5. The van der Waals surface area contributed by atoms with Gasteiger partial charge >= 0.3 is 0 Å². The minimum Gasteiger partial charge on any atom is -0.299 e. The first-order chi connectivity index (χ1) is 9.63. The first-order valence-electron chi connectivity index (χ1n) is 6.93. The molecule has 0 aliphatic carbocycles. The Morgan fingerprint density at radius 1 is 1.45 bits per heavy atom. The van der Waals surface area contributed by atoms with Crippen LogP contribution in [0.4, 0.5) is 0 Å². The number of aryl methyl sites for hydroxylation is 1. The number of hydrogen-bond acceptors (Lipinski definition) is 3. The number of halogens is 1. The first kappa shape index (κ1) is 13.5. The van der Waals surface area contributed by atoms with Crippen LogP contribution in [-0.2, 0) is 13.0 Å². The van der Waals surface area contributed by atoms with E-state index in [9.17, 15) is 4.79 Å². The second-order valence-corrected chi connectivity index (χ2v) is 5.74. The number of carbonyl (C=O) groups excluding carboxylic acids is 1. The van der Waals surface area contributed by atoms with E-state index in [1.54, 1.807) is 0 Å². The van der Waals surface area contributed by atoms with E-state index in [4.69, 9.17) is 16.6 Å². The molecule has 0 fully saturated rings. The fraction of sp³-hybridized carbons (Fsp3) is 0.375. The standard InChI is InChI=1S/C16H17ClN2O/c1-3-19-5-4-15-13(8-19)14(9-20)12-7-11(17)6-10(2)16(12)18-15/h6-7,9H,3-5,8H2,1-2H3. The second kappa shape index (κ2) is 5.15. The van der Waals surface area contributed by atoms with Crippen LogP contribution in [0.1, 0.15) is 34.1 Å². The maximum Gasteiger partial charge on any atom is 0.151 e. The molecule has 1 aromatic carbocycles. The number of nitrogens with zero attached hydrogens (tertiary/aromatic N) is 2. The number of fused-ring (bicyclic) bond motifs is 2. The third-order valence-electron chi connectivity index (χ3n) is 4.09. The molecular formula is C16H17ClN2O. The molecule has 3 nitrogen and oxygen atoms in total. The van der Waals surface area contributed by atoms with E-state index < -0.39 is 0 Å². The molecular weight excluding hydrogens is 272 g/mol. The highest BCUT2D eigenvalue weighted by Crippen LogP contribution is 2.30. The van der Waals surface area contributed by atoms with Crippen molar-refractivity contribution in [2.24, 2.45) is 0 Å². The largest absolute Gasteiger partial charge is 0.299 e. The summed E-state index contributed by atoms with van der Waals surface area (Å²) in [6.45, 7) is 6.93. The molecule has 2 heterocycles. The average molecular weight is 289 g/mol. The van der Waals surface area contributed by atoms with Gasteiger partial charge in [-0.2, -0.15) is 0 Å². The summed E-state index contributed by atoms with van der Waals surface area (Å²) < 4.78 is 0. The number of rotatable bonds is 2. The van der Waals surface area contributed by atoms with Crippen LogP contribution < -0.4 is 0 Å². The second-order valence-electron chi connectivity index (χ2n) is 5.31. The Labute approximate surface area is 123 Å². The van der Waals surface area contributed by atoms with Crippen molar-refractivity contribution in [2.45, 2.75) is 26.8 Å². The van der Waals surface area contributed by atoms with Crippen molar-refractivity contribution in [3.8, 4) is 0 Å². The number of benzene rings is 1. The minimum absolute atomic E-state index is 0.656. The zero-order chi connectivity index (χ0) is 14.3. The Morgan fingerprint density at radius 3 is 2.95 bits per heavy atom. The highest BCUT2D eigenvalue weighted by atomic mass is 35.5. The molecule has 0 saturated heterocycles. The predicted octanol–water partition coefficient (Wildman–Crippen LogP) is 3.39. The highest BCUT2D eigenvalue weighted by Gasteiger charge is 2.22. The summed E-state index contributed by atoms with van der Waals surface area (Å²) in [6.07, 6.45) is 1.86. The minimum atomic E-state index is 0.656. The number of hydrogen-bond donors (Lipinski definition) is 0. The fourth-order valence-electron chi connectivity index (χ4n) is 2.96. The Hall–Kier alpha value is -1.45. The van der Waals surface area contributed by atoms with Crippen LogP contribution in [0.2, 0.25) is 5.02 Å². The van der Waals surface area contributed by atoms with Crippen LogP contribution in [0, 0.1) is 6.92 Å². The SMILES string of the molecule is CCN1CCc2nc3c(C)cc(Cl)cc3c(C=O)c2C1. The van der Waals surface area contributed by atoms with E-state index in [1.807, 2.05) is 19.1 Å². The highest BCUT2D eigenvalue weighted by molar-refractivity contribution is 6.31. The molecule has 0 amide bonds. The van der Waals surface area contributed by atoms with Crippen molar-refractivity contribution in [3.05, 3.63) is 39.5 Å². The summed E-state index contributed by atoms with van der Waals surface area (Å²) in [7, 11) is 0. The molecule has 4 heteroatoms. The average Bonchev–Trinajstić information content (AvgIpc) is 2.44. The van der Waals surface area contributed by atoms with E-state index in [-0.39, 0.29) is 0 Å². The summed E-state index contributed by atoms with van der Waals surface area (Å²) in [6, 6.07) is 3.75. The molecule has 20 heavy (non-hydrogen) atoms. The van der Waals surface area contributed by atoms with Gasteiger partial charge in [0.15, 0.2) is 6.29 Å². The third-order valence-corrected chi connectivity index (χ3v) is 4.31. The number of aromatic nitrogens is 1. The Balaban J connectivity index is 2.31. The van der Waals surface area contributed by atoms with Crippen molar-refractivity contribution in [1.82, 2.24) is 9.88 Å². The van der Waals surface area contributed by atoms with Gasteiger partial charge < -0.3 is 0 Å². The lowest BCUT2D eigenvalue weighted by atomic mass is 9.95. The van der Waals surface area contributed by atoms with Gasteiger partial charge in [-0.25, -0.2) is 0 Å². The summed E-state index contributed by atoms with van der Waals surface area (Å²) in [4.78, 5) is 18.7. The van der Waals surface area contributed by atoms with Crippen LogP contribution in [-0.4, -0.2) is 29.3 Å². The molecule has 104 valence electrons. The molecule has 0 saturated carbocycles. The summed E-state index contributed by atoms with van der Waals surface area (Å²) >= 11 is 6.14. The van der Waals surface area contributed by atoms with Gasteiger partial charge in [0.05, 0.1) is 5.52 Å². The molecule has 1 aliphatic heterocycles. The number of aldehydes is 1. The molecule has 0 bridgehead atoms. The molecule has 0 N–H and O–H groups in total. The first-order valence-corrected chi connectivity index (χ1v) is 7.31. The smallest absolute Gasteiger partial charge is 0.151 e. The van der Waals surface area contributed by atoms with Gasteiger partial charge in [0, 0.05) is 41.2 Å². The monoisotopic (exact) mass is 288 g/mol. The number of pyridine rings is 1. The van der Waals surface area contributed by atoms with Crippen LogP contribution in [0.15, 0.2) is 12.1 Å². The molecule has 2 aromatic rings. The van der Waals surface area contributed by atoms with Gasteiger partial charge in [0.2, 0.25) is 0 Å². The van der Waals surface area contributed by atoms with Gasteiger partial charge in [-0.15, -0.1) is 0 Å². The zero-order valence-electron chi connectivity index (χ0n) is 11.7. The maximum absolute atomic E-state index is 11.6. The van der Waals surface area contributed by atoms with Crippen LogP contribution in [0.3, 0.4) is 0 Å². The van der Waals surface area contributed by atoms with Crippen molar-refractivity contribution in [3.63, 3.8) is 0 Å². The lowest BCUT2D eigenvalue weighted by Crippen LogP contribution is -2.31. The number of likely N-dealkylation sites (N-methyl/N-ethyl adjacent to an activating group) is 1. The molecule has 0 radical (unpaired) electrons. The van der Waals surface area contributed by atoms with Gasteiger partial charge in [0.1, 0.15) is 0 Å². The lowest BCUT2D eigenvalue weighted by Gasteiger charge is -2.28. The Kier molecular flexibility index (Phi) is 3.48. The lowest BCUT2D eigenvalue weighted by molar-refractivity contribution is 0.112. The summed E-state index contributed by atoms with van der Waals surface area (Å²) in [5.74, 6) is 0. The normalized spacial score (nSPS) is 15.3. The maximum atomic E-state index is 11.6. The third kappa shape index (κ3) is 2.11. The van der Waals surface area contributed by atoms with Crippen LogP contribution in [0.5, 0.6) is 0 Å². The molecule has 1 aromatic heterocycles. The Morgan fingerprint density at radius 2 is 2.25 bits per heavy atom. The van der Waals surface area contributed by atoms with Crippen LogP contribution in [0.25, 0.3) is 10.9 Å².